The molecule has 1 unspecified atom stereocenters. The van der Waals surface area contributed by atoms with Crippen LogP contribution >= 0.6 is 34.5 Å². The summed E-state index contributed by atoms with van der Waals surface area (Å²) in [7, 11) is -4.20. The maximum absolute atomic E-state index is 13.6. The van der Waals surface area contributed by atoms with Gasteiger partial charge in [0.15, 0.2) is 5.78 Å². The fourth-order valence-electron chi connectivity index (χ4n) is 3.64. The van der Waals surface area contributed by atoms with Crippen molar-refractivity contribution < 1.29 is 18.0 Å². The second kappa shape index (κ2) is 9.88. The number of carbonyl (C=O) groups excluding carboxylic acids is 2. The predicted octanol–water partition coefficient (Wildman–Crippen LogP) is 4.90. The number of Topliss-reactive ketones (excluding diaryl/α,β-unsaturated/α-hetero) is 1. The molecule has 1 N–H and O–H groups in total. The lowest BCUT2D eigenvalue weighted by atomic mass is 10.1. The number of nitrogens with one attached hydrogen (secondary N) is 1. The van der Waals surface area contributed by atoms with Crippen LogP contribution in [0.2, 0.25) is 10.0 Å². The standard InChI is InChI=1S/C24H18Cl2N2O4S2/c25-17-8-9-18(26)16(14-17)6-2-1-4-12-24(21(29)15-22(30)28-24)34(31,32)23-11-10-20(33-23)19-7-3-5-13-27-19/h3,5,7-11,13-14H,1,4,12,15H2,(H,28,30). The molecule has 1 saturated heterocycles. The Balaban J connectivity index is 1.57. The first-order valence-electron chi connectivity index (χ1n) is 10.3. The predicted molar refractivity (Wildman–Crippen MR) is 132 cm³/mol. The summed E-state index contributed by atoms with van der Waals surface area (Å²) >= 11 is 13.1. The molecule has 6 nitrogen and oxygen atoms in total. The number of thiophene rings is 1. The van der Waals surface area contributed by atoms with Gasteiger partial charge in [-0.15, -0.1) is 11.3 Å². The van der Waals surface area contributed by atoms with Crippen molar-refractivity contribution in [2.24, 2.45) is 0 Å². The van der Waals surface area contributed by atoms with Crippen LogP contribution in [0.4, 0.5) is 0 Å². The van der Waals surface area contributed by atoms with Gasteiger partial charge in [-0.25, -0.2) is 8.42 Å². The second-order valence-electron chi connectivity index (χ2n) is 7.59. The molecule has 3 heterocycles. The number of carbonyl (C=O) groups is 2. The number of rotatable bonds is 6. The van der Waals surface area contributed by atoms with E-state index in [-0.39, 0.29) is 17.1 Å². The molecule has 1 aliphatic heterocycles. The molecule has 1 atom stereocenters. The summed E-state index contributed by atoms with van der Waals surface area (Å²) in [5.41, 5.74) is 1.18. The van der Waals surface area contributed by atoms with Crippen LogP contribution in [-0.4, -0.2) is 30.0 Å². The van der Waals surface area contributed by atoms with Gasteiger partial charge in [0.2, 0.25) is 20.6 Å². The molecule has 0 radical (unpaired) electrons. The number of amides is 1. The summed E-state index contributed by atoms with van der Waals surface area (Å²) in [6, 6.07) is 13.4. The quantitative estimate of drug-likeness (QED) is 0.277. The van der Waals surface area contributed by atoms with Crippen LogP contribution in [0.15, 0.2) is 58.9 Å². The van der Waals surface area contributed by atoms with Crippen molar-refractivity contribution in [3.63, 3.8) is 0 Å². The summed E-state index contributed by atoms with van der Waals surface area (Å²) in [5, 5.41) is 3.41. The molecule has 34 heavy (non-hydrogen) atoms. The van der Waals surface area contributed by atoms with Gasteiger partial charge in [0.25, 0.3) is 0 Å². The van der Waals surface area contributed by atoms with Crippen molar-refractivity contribution in [1.29, 1.82) is 0 Å². The first-order valence-corrected chi connectivity index (χ1v) is 13.3. The van der Waals surface area contributed by atoms with Gasteiger partial charge in [0, 0.05) is 23.2 Å². The highest BCUT2D eigenvalue weighted by atomic mass is 35.5. The number of unbranched alkanes of at least 4 members (excludes halogenated alkanes) is 1. The number of ketones is 1. The summed E-state index contributed by atoms with van der Waals surface area (Å²) in [4.78, 5) is 27.8. The molecule has 1 amide bonds. The van der Waals surface area contributed by atoms with Crippen LogP contribution in [0.3, 0.4) is 0 Å². The zero-order valence-electron chi connectivity index (χ0n) is 17.7. The lowest BCUT2D eigenvalue weighted by Gasteiger charge is -2.26. The molecule has 0 aliphatic carbocycles. The van der Waals surface area contributed by atoms with E-state index < -0.39 is 32.8 Å². The van der Waals surface area contributed by atoms with Crippen LogP contribution in [0.5, 0.6) is 0 Å². The van der Waals surface area contributed by atoms with Crippen molar-refractivity contribution in [1.82, 2.24) is 10.3 Å². The van der Waals surface area contributed by atoms with E-state index >= 15 is 0 Å². The fourth-order valence-corrected chi connectivity index (χ4v) is 7.45. The Hall–Kier alpha value is -2.70. The van der Waals surface area contributed by atoms with Crippen LogP contribution in [0.25, 0.3) is 10.6 Å². The molecule has 0 bridgehead atoms. The summed E-state index contributed by atoms with van der Waals surface area (Å²) in [6.45, 7) is 0. The number of pyridine rings is 1. The Kier molecular flexibility index (Phi) is 7.10. The summed E-state index contributed by atoms with van der Waals surface area (Å²) in [5.74, 6) is 4.59. The zero-order chi connectivity index (χ0) is 24.3. The molecular formula is C24H18Cl2N2O4S2. The average molecular weight is 533 g/mol. The topological polar surface area (TPSA) is 93.2 Å². The number of benzene rings is 1. The van der Waals surface area contributed by atoms with Crippen LogP contribution in [-0.2, 0) is 19.4 Å². The zero-order valence-corrected chi connectivity index (χ0v) is 20.8. The molecular weight excluding hydrogens is 515 g/mol. The third-order valence-electron chi connectivity index (χ3n) is 5.32. The van der Waals surface area contributed by atoms with Crippen molar-refractivity contribution in [3.05, 3.63) is 70.3 Å². The van der Waals surface area contributed by atoms with Crippen molar-refractivity contribution in [2.45, 2.75) is 34.8 Å². The van der Waals surface area contributed by atoms with E-state index in [1.165, 1.54) is 6.07 Å². The number of hydrogen-bond donors (Lipinski definition) is 1. The van der Waals surface area contributed by atoms with E-state index in [2.05, 4.69) is 22.1 Å². The van der Waals surface area contributed by atoms with Gasteiger partial charge in [0.1, 0.15) is 4.21 Å². The summed E-state index contributed by atoms with van der Waals surface area (Å²) in [6.07, 6.45) is 1.63. The number of nitrogens with zero attached hydrogens (tertiary/aromatic N) is 1. The molecule has 1 fully saturated rings. The van der Waals surface area contributed by atoms with Crippen LogP contribution in [0, 0.1) is 11.8 Å². The molecule has 0 saturated carbocycles. The van der Waals surface area contributed by atoms with Crippen molar-refractivity contribution in [2.75, 3.05) is 0 Å². The smallest absolute Gasteiger partial charge is 0.229 e. The van der Waals surface area contributed by atoms with Crippen LogP contribution in [0.1, 0.15) is 31.2 Å². The van der Waals surface area contributed by atoms with Gasteiger partial charge in [-0.05, 0) is 55.3 Å². The van der Waals surface area contributed by atoms with Crippen LogP contribution < -0.4 is 5.32 Å². The minimum absolute atomic E-state index is 0.000460. The van der Waals surface area contributed by atoms with Gasteiger partial charge >= 0.3 is 0 Å². The lowest BCUT2D eigenvalue weighted by molar-refractivity contribution is -0.122. The van der Waals surface area contributed by atoms with Gasteiger partial charge in [0.05, 0.1) is 22.0 Å². The molecule has 1 aliphatic rings. The van der Waals surface area contributed by atoms with Crippen molar-refractivity contribution >= 4 is 56.1 Å². The van der Waals surface area contributed by atoms with E-state index in [0.717, 1.165) is 11.3 Å². The largest absolute Gasteiger partial charge is 0.330 e. The Morgan fingerprint density at radius 2 is 1.94 bits per heavy atom. The average Bonchev–Trinajstić information content (AvgIpc) is 3.42. The molecule has 174 valence electrons. The molecule has 0 spiro atoms. The van der Waals surface area contributed by atoms with E-state index in [1.807, 2.05) is 0 Å². The van der Waals surface area contributed by atoms with E-state index in [0.29, 0.717) is 32.6 Å². The van der Waals surface area contributed by atoms with Gasteiger partial charge in [-0.2, -0.15) is 0 Å². The fraction of sp³-hybridized carbons (Fsp3) is 0.208. The lowest BCUT2D eigenvalue weighted by Crippen LogP contribution is -2.53. The monoisotopic (exact) mass is 532 g/mol. The minimum Gasteiger partial charge on any atom is -0.330 e. The molecule has 3 aromatic rings. The minimum atomic E-state index is -4.20. The highest BCUT2D eigenvalue weighted by molar-refractivity contribution is 7.95. The van der Waals surface area contributed by atoms with E-state index in [4.69, 9.17) is 23.2 Å². The SMILES string of the molecule is O=C1CC(=O)C(CCCC#Cc2cc(Cl)ccc2Cl)(S(=O)(=O)c2ccc(-c3ccccn3)s2)N1. The Morgan fingerprint density at radius 3 is 2.65 bits per heavy atom. The Labute approximate surface area is 211 Å². The molecule has 1 aromatic carbocycles. The Bertz CT molecular complexity index is 1430. The molecule has 2 aromatic heterocycles. The molecule has 4 rings (SSSR count). The maximum Gasteiger partial charge on any atom is 0.229 e. The first kappa shape index (κ1) is 24.4. The second-order valence-corrected chi connectivity index (χ2v) is 11.9. The number of halogens is 2. The highest BCUT2D eigenvalue weighted by Gasteiger charge is 2.56. The summed E-state index contributed by atoms with van der Waals surface area (Å²) < 4.78 is 27.2. The third kappa shape index (κ3) is 4.75. The van der Waals surface area contributed by atoms with Crippen molar-refractivity contribution in [3.8, 4) is 22.4 Å². The van der Waals surface area contributed by atoms with Gasteiger partial charge < -0.3 is 5.32 Å². The Morgan fingerprint density at radius 1 is 1.12 bits per heavy atom. The highest BCUT2D eigenvalue weighted by Crippen LogP contribution is 2.39. The third-order valence-corrected chi connectivity index (χ3v) is 9.81. The number of aromatic nitrogens is 1. The number of sulfone groups is 1. The molecule has 10 heteroatoms. The van der Waals surface area contributed by atoms with Gasteiger partial charge in [-0.1, -0.05) is 41.1 Å². The van der Waals surface area contributed by atoms with E-state index in [1.54, 1.807) is 48.7 Å². The normalized spacial score (nSPS) is 17.8. The maximum atomic E-state index is 13.6. The number of hydrogen-bond acceptors (Lipinski definition) is 6. The van der Waals surface area contributed by atoms with E-state index in [9.17, 15) is 18.0 Å². The van der Waals surface area contributed by atoms with Gasteiger partial charge in [-0.3, -0.25) is 14.6 Å². The first-order chi connectivity index (χ1) is 16.2.